The fourth-order valence-electron chi connectivity index (χ4n) is 3.75. The van der Waals surface area contributed by atoms with Crippen molar-refractivity contribution >= 4 is 46.0 Å². The summed E-state index contributed by atoms with van der Waals surface area (Å²) >= 11 is 6.27. The minimum absolute atomic E-state index is 0.0369. The number of halogens is 1. The van der Waals surface area contributed by atoms with Crippen LogP contribution in [0.2, 0.25) is 5.02 Å². The van der Waals surface area contributed by atoms with E-state index in [4.69, 9.17) is 33.8 Å². The summed E-state index contributed by atoms with van der Waals surface area (Å²) in [5.74, 6) is 0.200. The molecule has 0 aliphatic carbocycles. The maximum absolute atomic E-state index is 13.8. The summed E-state index contributed by atoms with van der Waals surface area (Å²) in [5.41, 5.74) is 18.4. The number of primary amides is 1. The van der Waals surface area contributed by atoms with Gasteiger partial charge >= 0.3 is 0 Å². The Morgan fingerprint density at radius 2 is 1.82 bits per heavy atom. The lowest BCUT2D eigenvalue weighted by atomic mass is 10.0. The van der Waals surface area contributed by atoms with Crippen molar-refractivity contribution in [2.45, 2.75) is 25.8 Å². The predicted octanol–water partition coefficient (Wildman–Crippen LogP) is 2.58. The minimum Gasteiger partial charge on any atom is -0.382 e. The van der Waals surface area contributed by atoms with Crippen molar-refractivity contribution in [1.82, 2.24) is 19.5 Å². The fourth-order valence-corrected chi connectivity index (χ4v) is 3.89. The van der Waals surface area contributed by atoms with E-state index in [2.05, 4.69) is 15.3 Å². The average molecular weight is 479 g/mol. The van der Waals surface area contributed by atoms with Crippen LogP contribution < -0.4 is 28.1 Å². The van der Waals surface area contributed by atoms with E-state index in [0.717, 1.165) is 0 Å². The molecule has 11 heteroatoms. The second-order valence-corrected chi connectivity index (χ2v) is 8.10. The van der Waals surface area contributed by atoms with Crippen LogP contribution in [-0.4, -0.2) is 25.4 Å². The first kappa shape index (κ1) is 23.0. The number of aryl methyl sites for hydroxylation is 1. The van der Waals surface area contributed by atoms with Gasteiger partial charge in [0.1, 0.15) is 16.7 Å². The van der Waals surface area contributed by atoms with Crippen LogP contribution in [0.15, 0.2) is 53.3 Å². The van der Waals surface area contributed by atoms with Crippen LogP contribution in [-0.2, 0) is 11.2 Å². The molecule has 4 aromatic rings. The van der Waals surface area contributed by atoms with Crippen LogP contribution in [0, 0.1) is 0 Å². The topological polar surface area (TPSA) is 168 Å². The van der Waals surface area contributed by atoms with Crippen molar-refractivity contribution in [2.75, 3.05) is 16.8 Å². The smallest absolute Gasteiger partial charge is 0.266 e. The van der Waals surface area contributed by atoms with Crippen molar-refractivity contribution in [3.63, 3.8) is 0 Å². The summed E-state index contributed by atoms with van der Waals surface area (Å²) in [6.07, 6.45) is 0.458. The van der Waals surface area contributed by atoms with Gasteiger partial charge in [-0.25, -0.2) is 4.98 Å². The molecule has 34 heavy (non-hydrogen) atoms. The molecule has 10 nitrogen and oxygen atoms in total. The summed E-state index contributed by atoms with van der Waals surface area (Å²) < 4.78 is 1.52. The minimum atomic E-state index is -0.530. The summed E-state index contributed by atoms with van der Waals surface area (Å²) in [4.78, 5) is 38.0. The standard InChI is InChI=1S/C23H23ClN8O2/c1-12(28-20-18(24)19(26)30-23(27)31-20)21-29-15-9-5-6-13(10-11-16(25)33)17(15)22(34)32(21)14-7-3-2-4-8-14/h2-9,12H,10-11H2,1H3,(H2,25,33)(H5,26,27,28,30,31). The van der Waals surface area contributed by atoms with Gasteiger partial charge in [-0.15, -0.1) is 0 Å². The third-order valence-corrected chi connectivity index (χ3v) is 5.67. The second kappa shape index (κ2) is 9.36. The third kappa shape index (κ3) is 4.48. The highest BCUT2D eigenvalue weighted by Crippen LogP contribution is 2.29. The van der Waals surface area contributed by atoms with Crippen molar-refractivity contribution < 1.29 is 4.79 Å². The molecule has 7 N–H and O–H groups in total. The van der Waals surface area contributed by atoms with E-state index in [-0.39, 0.29) is 34.6 Å². The maximum Gasteiger partial charge on any atom is 0.266 e. The van der Waals surface area contributed by atoms with Crippen molar-refractivity contribution in [1.29, 1.82) is 0 Å². The lowest BCUT2D eigenvalue weighted by Gasteiger charge is -2.21. The highest BCUT2D eigenvalue weighted by Gasteiger charge is 2.21. The van der Waals surface area contributed by atoms with Crippen molar-refractivity contribution in [3.8, 4) is 5.69 Å². The van der Waals surface area contributed by atoms with Crippen LogP contribution in [0.25, 0.3) is 16.6 Å². The number of hydrogen-bond donors (Lipinski definition) is 4. The molecule has 0 radical (unpaired) electrons. The van der Waals surface area contributed by atoms with Crippen molar-refractivity contribution in [3.05, 3.63) is 75.3 Å². The van der Waals surface area contributed by atoms with Gasteiger partial charge in [0.05, 0.1) is 22.6 Å². The molecule has 0 aliphatic heterocycles. The van der Waals surface area contributed by atoms with Gasteiger partial charge in [-0.1, -0.05) is 41.9 Å². The van der Waals surface area contributed by atoms with Crippen LogP contribution >= 0.6 is 11.6 Å². The van der Waals surface area contributed by atoms with E-state index < -0.39 is 11.9 Å². The fraction of sp³-hybridized carbons (Fsp3) is 0.174. The van der Waals surface area contributed by atoms with Crippen LogP contribution in [0.5, 0.6) is 0 Å². The second-order valence-electron chi connectivity index (χ2n) is 7.72. The molecule has 0 aliphatic rings. The molecule has 174 valence electrons. The zero-order valence-electron chi connectivity index (χ0n) is 18.3. The summed E-state index contributed by atoms with van der Waals surface area (Å²) in [7, 11) is 0. The van der Waals surface area contributed by atoms with Gasteiger partial charge in [-0.2, -0.15) is 9.97 Å². The Labute approximate surface area is 199 Å². The van der Waals surface area contributed by atoms with E-state index in [1.807, 2.05) is 37.3 Å². The van der Waals surface area contributed by atoms with E-state index in [9.17, 15) is 9.59 Å². The molecule has 0 spiro atoms. The van der Waals surface area contributed by atoms with Gasteiger partial charge in [0.25, 0.3) is 5.56 Å². The summed E-state index contributed by atoms with van der Waals surface area (Å²) in [5, 5.41) is 3.68. The Balaban J connectivity index is 1.91. The Kier molecular flexibility index (Phi) is 6.33. The Bertz CT molecular complexity index is 1440. The van der Waals surface area contributed by atoms with Crippen molar-refractivity contribution in [2.24, 2.45) is 5.73 Å². The zero-order chi connectivity index (χ0) is 24.4. The molecule has 2 aromatic carbocycles. The first-order chi connectivity index (χ1) is 16.3. The normalized spacial score (nSPS) is 11.9. The molecule has 4 rings (SSSR count). The van der Waals surface area contributed by atoms with Gasteiger partial charge in [0, 0.05) is 6.42 Å². The quantitative estimate of drug-likeness (QED) is 0.314. The molecular weight excluding hydrogens is 456 g/mol. The molecule has 1 amide bonds. The highest BCUT2D eigenvalue weighted by atomic mass is 35.5. The number of rotatable bonds is 7. The number of fused-ring (bicyclic) bond motifs is 1. The number of para-hydroxylation sites is 1. The molecule has 0 saturated heterocycles. The average Bonchev–Trinajstić information content (AvgIpc) is 2.81. The number of nitrogens with two attached hydrogens (primary N) is 3. The SMILES string of the molecule is CC(Nc1nc(N)nc(N)c1Cl)c1nc2cccc(CCC(N)=O)c2c(=O)n1-c1ccccc1. The van der Waals surface area contributed by atoms with Crippen LogP contribution in [0.4, 0.5) is 17.6 Å². The van der Waals surface area contributed by atoms with E-state index >= 15 is 0 Å². The first-order valence-corrected chi connectivity index (χ1v) is 10.9. The Hall–Kier alpha value is -4.18. The molecule has 2 aromatic heterocycles. The van der Waals surface area contributed by atoms with Gasteiger partial charge in [-0.05, 0) is 37.1 Å². The number of benzene rings is 2. The number of hydrogen-bond acceptors (Lipinski definition) is 8. The number of amides is 1. The molecule has 2 heterocycles. The van der Waals surface area contributed by atoms with Gasteiger partial charge < -0.3 is 22.5 Å². The monoisotopic (exact) mass is 478 g/mol. The van der Waals surface area contributed by atoms with Gasteiger partial charge in [0.15, 0.2) is 5.82 Å². The lowest BCUT2D eigenvalue weighted by molar-refractivity contribution is -0.117. The molecule has 1 atom stereocenters. The number of anilines is 3. The Morgan fingerprint density at radius 3 is 2.53 bits per heavy atom. The van der Waals surface area contributed by atoms with E-state index in [0.29, 0.717) is 34.4 Å². The number of nitrogens with one attached hydrogen (secondary N) is 1. The molecule has 0 fully saturated rings. The molecule has 0 saturated carbocycles. The highest BCUT2D eigenvalue weighted by molar-refractivity contribution is 6.35. The van der Waals surface area contributed by atoms with Crippen LogP contribution in [0.1, 0.15) is 30.8 Å². The maximum atomic E-state index is 13.8. The first-order valence-electron chi connectivity index (χ1n) is 10.5. The van der Waals surface area contributed by atoms with Gasteiger partial charge in [0.2, 0.25) is 11.9 Å². The van der Waals surface area contributed by atoms with E-state index in [1.165, 1.54) is 4.57 Å². The predicted molar refractivity (Wildman–Crippen MR) is 133 cm³/mol. The zero-order valence-corrected chi connectivity index (χ0v) is 19.1. The summed E-state index contributed by atoms with van der Waals surface area (Å²) in [6, 6.07) is 14.0. The number of aromatic nitrogens is 4. The largest absolute Gasteiger partial charge is 0.382 e. The van der Waals surface area contributed by atoms with Gasteiger partial charge in [-0.3, -0.25) is 14.2 Å². The Morgan fingerprint density at radius 1 is 1.09 bits per heavy atom. The van der Waals surface area contributed by atoms with Crippen LogP contribution in [0.3, 0.4) is 0 Å². The molecule has 0 bridgehead atoms. The molecular formula is C23H23ClN8O2. The number of nitrogen functional groups attached to an aromatic ring is 2. The number of carbonyl (C=O) groups is 1. The lowest BCUT2D eigenvalue weighted by Crippen LogP contribution is -2.28. The molecule has 1 unspecified atom stereocenters. The number of nitrogens with zero attached hydrogens (tertiary/aromatic N) is 4. The number of carbonyl (C=O) groups excluding carboxylic acids is 1. The summed E-state index contributed by atoms with van der Waals surface area (Å²) in [6.45, 7) is 1.81. The van der Waals surface area contributed by atoms with E-state index in [1.54, 1.807) is 18.2 Å². The third-order valence-electron chi connectivity index (χ3n) is 5.30.